The molecule has 284 valence electrons. The standard InChI is InChI=1S/C39H64N2O9/c1-7-32(44)28(5)37-34(48-37)24-39(6,47)18-8-9-26(3)36-27(4)11-13-33(25(2)10-12-31(43)23-35(45)50-36)49-38(46)41-19-14-29(15-20-41)40-21-16-30(42)17-22-40/h8-9,11,13,18,25,27-34,36-37,42-44,47H,7,10,12,14-17,19-24H2,1-6H3/b13-11+,18-8+,26-9+. The van der Waals surface area contributed by atoms with Crippen molar-refractivity contribution in [2.45, 2.75) is 154 Å². The molecular weight excluding hydrogens is 640 g/mol. The third-order valence-corrected chi connectivity index (χ3v) is 11.3. The molecule has 0 spiro atoms. The third-order valence-electron chi connectivity index (χ3n) is 11.3. The number of cyclic esters (lactones) is 1. The summed E-state index contributed by atoms with van der Waals surface area (Å²) in [6, 6.07) is 0.417. The lowest BCUT2D eigenvalue weighted by Gasteiger charge is -2.41. The molecule has 0 saturated carbocycles. The Morgan fingerprint density at radius 2 is 1.74 bits per heavy atom. The van der Waals surface area contributed by atoms with Crippen molar-refractivity contribution in [1.82, 2.24) is 9.80 Å². The molecule has 11 heteroatoms. The normalized spacial score (nSPS) is 34.6. The molecule has 4 heterocycles. The van der Waals surface area contributed by atoms with Gasteiger partial charge in [0.15, 0.2) is 0 Å². The van der Waals surface area contributed by atoms with Crippen LogP contribution in [0, 0.1) is 17.8 Å². The number of amides is 1. The Morgan fingerprint density at radius 1 is 1.06 bits per heavy atom. The lowest BCUT2D eigenvalue weighted by molar-refractivity contribution is -0.151. The van der Waals surface area contributed by atoms with Crippen molar-refractivity contribution in [3.63, 3.8) is 0 Å². The number of carbonyl (C=O) groups excluding carboxylic acids is 2. The molecule has 3 saturated heterocycles. The Balaban J connectivity index is 1.38. The van der Waals surface area contributed by atoms with Crippen molar-refractivity contribution in [2.24, 2.45) is 17.8 Å². The fourth-order valence-electron chi connectivity index (χ4n) is 7.66. The fraction of sp³-hybridized carbons (Fsp3) is 0.795. The first kappa shape index (κ1) is 40.5. The van der Waals surface area contributed by atoms with E-state index in [2.05, 4.69) is 4.90 Å². The van der Waals surface area contributed by atoms with Gasteiger partial charge in [-0.3, -0.25) is 4.79 Å². The summed E-state index contributed by atoms with van der Waals surface area (Å²) in [4.78, 5) is 30.5. The largest absolute Gasteiger partial charge is 0.457 e. The number of aliphatic hydroxyl groups is 4. The summed E-state index contributed by atoms with van der Waals surface area (Å²) < 4.78 is 17.8. The maximum atomic E-state index is 13.4. The van der Waals surface area contributed by atoms with Crippen LogP contribution in [0.1, 0.15) is 99.3 Å². The molecule has 0 aromatic heterocycles. The number of epoxide rings is 1. The molecule has 10 atom stereocenters. The molecule has 11 nitrogen and oxygen atoms in total. The third kappa shape index (κ3) is 11.9. The molecule has 0 aliphatic carbocycles. The van der Waals surface area contributed by atoms with Gasteiger partial charge in [0.2, 0.25) is 0 Å². The molecule has 0 aromatic carbocycles. The summed E-state index contributed by atoms with van der Waals surface area (Å²) in [7, 11) is 0. The highest BCUT2D eigenvalue weighted by molar-refractivity contribution is 5.70. The molecule has 0 bridgehead atoms. The van der Waals surface area contributed by atoms with Crippen molar-refractivity contribution in [2.75, 3.05) is 26.2 Å². The molecule has 50 heavy (non-hydrogen) atoms. The SMILES string of the molecule is CCC(O)C(C)C1OC1CC(C)(O)/C=C/C=C(\C)C1OC(=O)CC(O)CCC(C)C(OC(=O)N2CCC(N3CCC(O)CC3)CC2)/C=C/C1C. The number of esters is 1. The minimum absolute atomic E-state index is 0.000894. The molecule has 10 unspecified atom stereocenters. The van der Waals surface area contributed by atoms with Gasteiger partial charge in [-0.1, -0.05) is 52.0 Å². The molecule has 3 fully saturated rings. The van der Waals surface area contributed by atoms with Crippen LogP contribution in [-0.4, -0.2) is 123 Å². The Kier molecular flexibility index (Phi) is 15.0. The quantitative estimate of drug-likeness (QED) is 0.111. The van der Waals surface area contributed by atoms with E-state index in [-0.39, 0.29) is 48.6 Å². The minimum atomic E-state index is -1.13. The van der Waals surface area contributed by atoms with E-state index in [0.717, 1.165) is 44.3 Å². The number of carbonyl (C=O) groups is 2. The maximum Gasteiger partial charge on any atom is 0.410 e. The van der Waals surface area contributed by atoms with Crippen LogP contribution >= 0.6 is 0 Å². The minimum Gasteiger partial charge on any atom is -0.457 e. The van der Waals surface area contributed by atoms with E-state index in [4.69, 9.17) is 14.2 Å². The first-order valence-electron chi connectivity index (χ1n) is 19.0. The molecular formula is C39H64N2O9. The van der Waals surface area contributed by atoms with Gasteiger partial charge in [-0.15, -0.1) is 0 Å². The predicted octanol–water partition coefficient (Wildman–Crippen LogP) is 4.52. The van der Waals surface area contributed by atoms with Gasteiger partial charge in [0.1, 0.15) is 12.2 Å². The second-order valence-corrected chi connectivity index (χ2v) is 15.7. The van der Waals surface area contributed by atoms with E-state index in [1.807, 2.05) is 52.8 Å². The first-order chi connectivity index (χ1) is 23.7. The van der Waals surface area contributed by atoms with Crippen LogP contribution in [-0.2, 0) is 19.0 Å². The van der Waals surface area contributed by atoms with Crippen LogP contribution < -0.4 is 0 Å². The Hall–Kier alpha value is -2.28. The van der Waals surface area contributed by atoms with Crippen LogP contribution in [0.2, 0.25) is 0 Å². The smallest absolute Gasteiger partial charge is 0.410 e. The molecule has 4 aliphatic heterocycles. The highest BCUT2D eigenvalue weighted by Crippen LogP contribution is 2.37. The second-order valence-electron chi connectivity index (χ2n) is 15.7. The summed E-state index contributed by atoms with van der Waals surface area (Å²) in [5.41, 5.74) is -0.368. The predicted molar refractivity (Wildman–Crippen MR) is 191 cm³/mol. The van der Waals surface area contributed by atoms with Crippen molar-refractivity contribution < 1.29 is 44.2 Å². The second kappa shape index (κ2) is 18.5. The van der Waals surface area contributed by atoms with Crippen molar-refractivity contribution in [3.05, 3.63) is 36.0 Å². The number of piperidine rings is 2. The number of hydrogen-bond donors (Lipinski definition) is 4. The zero-order valence-electron chi connectivity index (χ0n) is 31.2. The van der Waals surface area contributed by atoms with Crippen molar-refractivity contribution in [3.8, 4) is 0 Å². The summed E-state index contributed by atoms with van der Waals surface area (Å²) in [5.74, 6) is -0.818. The lowest BCUT2D eigenvalue weighted by atomic mass is 9.91. The van der Waals surface area contributed by atoms with Gasteiger partial charge in [0, 0.05) is 50.5 Å². The van der Waals surface area contributed by atoms with E-state index in [0.29, 0.717) is 44.8 Å². The Morgan fingerprint density at radius 3 is 2.40 bits per heavy atom. The van der Waals surface area contributed by atoms with E-state index in [9.17, 15) is 30.0 Å². The van der Waals surface area contributed by atoms with Crippen molar-refractivity contribution >= 4 is 12.1 Å². The number of nitrogens with zero attached hydrogens (tertiary/aromatic N) is 2. The molecule has 4 aliphatic rings. The number of rotatable bonds is 10. The van der Waals surface area contributed by atoms with Crippen LogP contribution in [0.25, 0.3) is 0 Å². The molecule has 1 amide bonds. The Bertz CT molecular complexity index is 1190. The van der Waals surface area contributed by atoms with Gasteiger partial charge in [0.05, 0.1) is 42.5 Å². The van der Waals surface area contributed by atoms with Gasteiger partial charge in [0.25, 0.3) is 0 Å². The highest BCUT2D eigenvalue weighted by Gasteiger charge is 2.47. The van der Waals surface area contributed by atoms with Crippen LogP contribution in [0.15, 0.2) is 36.0 Å². The van der Waals surface area contributed by atoms with E-state index in [1.165, 1.54) is 0 Å². The van der Waals surface area contributed by atoms with Crippen LogP contribution in [0.5, 0.6) is 0 Å². The zero-order valence-corrected chi connectivity index (χ0v) is 31.2. The fourth-order valence-corrected chi connectivity index (χ4v) is 7.66. The van der Waals surface area contributed by atoms with Gasteiger partial charge in [-0.05, 0) is 76.4 Å². The topological polar surface area (TPSA) is 153 Å². The molecule has 4 N–H and O–H groups in total. The number of ether oxygens (including phenoxy) is 3. The zero-order chi connectivity index (χ0) is 36.6. The maximum absolute atomic E-state index is 13.4. The van der Waals surface area contributed by atoms with Gasteiger partial charge in [-0.2, -0.15) is 0 Å². The van der Waals surface area contributed by atoms with E-state index < -0.39 is 36.0 Å². The van der Waals surface area contributed by atoms with E-state index >= 15 is 0 Å². The lowest BCUT2D eigenvalue weighted by Crippen LogP contribution is -2.50. The average Bonchev–Trinajstić information content (AvgIpc) is 3.84. The number of hydrogen-bond acceptors (Lipinski definition) is 10. The summed E-state index contributed by atoms with van der Waals surface area (Å²) in [6.45, 7) is 14.5. The number of aliphatic hydroxyl groups excluding tert-OH is 3. The van der Waals surface area contributed by atoms with Gasteiger partial charge >= 0.3 is 12.1 Å². The monoisotopic (exact) mass is 704 g/mol. The summed E-state index contributed by atoms with van der Waals surface area (Å²) in [6.07, 6.45) is 11.2. The molecule has 0 aromatic rings. The highest BCUT2D eigenvalue weighted by atomic mass is 16.6. The Labute approximate surface area is 299 Å². The average molecular weight is 705 g/mol. The van der Waals surface area contributed by atoms with Gasteiger partial charge in [-0.25, -0.2) is 4.79 Å². The van der Waals surface area contributed by atoms with Crippen LogP contribution in [0.3, 0.4) is 0 Å². The number of allylic oxidation sites excluding steroid dienone is 2. The van der Waals surface area contributed by atoms with E-state index in [1.54, 1.807) is 24.0 Å². The molecule has 4 rings (SSSR count). The summed E-state index contributed by atoms with van der Waals surface area (Å²) in [5, 5.41) is 41.7. The van der Waals surface area contributed by atoms with Crippen LogP contribution in [0.4, 0.5) is 4.79 Å². The summed E-state index contributed by atoms with van der Waals surface area (Å²) >= 11 is 0. The van der Waals surface area contributed by atoms with Gasteiger partial charge < -0.3 is 44.4 Å². The molecule has 0 radical (unpaired) electrons. The number of likely N-dealkylation sites (tertiary alicyclic amines) is 2. The van der Waals surface area contributed by atoms with Crippen molar-refractivity contribution in [1.29, 1.82) is 0 Å². The first-order valence-corrected chi connectivity index (χ1v) is 19.0.